The predicted octanol–water partition coefficient (Wildman–Crippen LogP) is 2.06. The molecule has 126 valence electrons. The average Bonchev–Trinajstić information content (AvgIpc) is 2.60. The second-order valence-electron chi connectivity index (χ2n) is 6.56. The molecule has 5 nitrogen and oxygen atoms in total. The number of fused-ring (bicyclic) bond motifs is 1. The number of pyridine rings is 1. The molecule has 23 heavy (non-hydrogen) atoms. The van der Waals surface area contributed by atoms with Crippen LogP contribution < -0.4 is 0 Å². The Morgan fingerprint density at radius 3 is 3.22 bits per heavy atom. The molecule has 1 amide bonds. The van der Waals surface area contributed by atoms with E-state index in [0.717, 1.165) is 44.7 Å². The molecule has 2 aliphatic rings. The fourth-order valence-electron chi connectivity index (χ4n) is 3.79. The molecule has 3 heterocycles. The Bertz CT molecular complexity index is 522. The fourth-order valence-corrected chi connectivity index (χ4v) is 3.79. The minimum absolute atomic E-state index is 0.0354. The molecule has 2 aliphatic heterocycles. The summed E-state index contributed by atoms with van der Waals surface area (Å²) >= 11 is 0. The molecule has 0 bridgehead atoms. The highest BCUT2D eigenvalue weighted by atomic mass is 16.5. The van der Waals surface area contributed by atoms with Crippen LogP contribution in [0.1, 0.15) is 31.9 Å². The number of likely N-dealkylation sites (tertiary alicyclic amines) is 1. The Morgan fingerprint density at radius 2 is 2.43 bits per heavy atom. The van der Waals surface area contributed by atoms with E-state index in [1.807, 2.05) is 30.0 Å². The number of carbonyl (C=O) groups is 1. The zero-order valence-electron chi connectivity index (χ0n) is 13.9. The van der Waals surface area contributed by atoms with Gasteiger partial charge in [-0.15, -0.1) is 0 Å². The third-order valence-electron chi connectivity index (χ3n) is 4.99. The van der Waals surface area contributed by atoms with Crippen molar-refractivity contribution in [3.63, 3.8) is 0 Å². The van der Waals surface area contributed by atoms with E-state index in [9.17, 15) is 4.79 Å². The molecule has 3 rings (SSSR count). The Hall–Kier alpha value is -1.46. The fraction of sp³-hybridized carbons (Fsp3) is 0.667. The number of carbonyl (C=O) groups excluding carboxylic acids is 1. The maximum Gasteiger partial charge on any atom is 0.228 e. The van der Waals surface area contributed by atoms with E-state index < -0.39 is 0 Å². The Kier molecular flexibility index (Phi) is 5.28. The normalized spacial score (nSPS) is 27.5. The number of ether oxygens (including phenoxy) is 2. The van der Waals surface area contributed by atoms with E-state index in [1.54, 1.807) is 6.20 Å². The maximum atomic E-state index is 12.7. The SMILES string of the molecule is CCOCC12CCCOC1CCN(C(=O)Cc1ccccn1)C2. The standard InChI is InChI=1S/C18H26N2O3/c1-2-22-14-18-8-5-11-23-16(18)7-10-20(13-18)17(21)12-15-6-3-4-9-19-15/h3-4,6,9,16H,2,5,7-8,10-14H2,1H3. The lowest BCUT2D eigenvalue weighted by atomic mass is 9.73. The largest absolute Gasteiger partial charge is 0.381 e. The molecular weight excluding hydrogens is 292 g/mol. The Morgan fingerprint density at radius 1 is 1.52 bits per heavy atom. The molecule has 1 aromatic heterocycles. The van der Waals surface area contributed by atoms with Gasteiger partial charge in [0.1, 0.15) is 0 Å². The van der Waals surface area contributed by atoms with Crippen LogP contribution in [0.5, 0.6) is 0 Å². The van der Waals surface area contributed by atoms with Crippen molar-refractivity contribution >= 4 is 5.91 Å². The molecule has 5 heteroatoms. The van der Waals surface area contributed by atoms with E-state index >= 15 is 0 Å². The summed E-state index contributed by atoms with van der Waals surface area (Å²) in [6, 6.07) is 5.70. The topological polar surface area (TPSA) is 51.7 Å². The van der Waals surface area contributed by atoms with Crippen LogP contribution in [0.4, 0.5) is 0 Å². The van der Waals surface area contributed by atoms with Crippen LogP contribution >= 0.6 is 0 Å². The van der Waals surface area contributed by atoms with Gasteiger partial charge in [0, 0.05) is 43.6 Å². The second-order valence-corrected chi connectivity index (χ2v) is 6.56. The van der Waals surface area contributed by atoms with Crippen molar-refractivity contribution in [3.8, 4) is 0 Å². The number of aromatic nitrogens is 1. The van der Waals surface area contributed by atoms with Crippen LogP contribution in [0.3, 0.4) is 0 Å². The summed E-state index contributed by atoms with van der Waals surface area (Å²) in [6.45, 7) is 5.74. The first-order valence-electron chi connectivity index (χ1n) is 8.60. The van der Waals surface area contributed by atoms with Crippen molar-refractivity contribution in [2.45, 2.75) is 38.7 Å². The first-order valence-corrected chi connectivity index (χ1v) is 8.60. The summed E-state index contributed by atoms with van der Waals surface area (Å²) in [4.78, 5) is 18.9. The van der Waals surface area contributed by atoms with Crippen LogP contribution in [-0.2, 0) is 20.7 Å². The smallest absolute Gasteiger partial charge is 0.228 e. The van der Waals surface area contributed by atoms with E-state index in [1.165, 1.54) is 0 Å². The van der Waals surface area contributed by atoms with E-state index in [2.05, 4.69) is 4.98 Å². The number of hydrogen-bond acceptors (Lipinski definition) is 4. The minimum atomic E-state index is -0.0354. The Balaban J connectivity index is 1.68. The van der Waals surface area contributed by atoms with Gasteiger partial charge in [0.2, 0.25) is 5.91 Å². The van der Waals surface area contributed by atoms with Crippen molar-refractivity contribution in [2.24, 2.45) is 5.41 Å². The molecule has 1 aromatic rings. The van der Waals surface area contributed by atoms with Gasteiger partial charge in [0.25, 0.3) is 0 Å². The van der Waals surface area contributed by atoms with Gasteiger partial charge < -0.3 is 14.4 Å². The van der Waals surface area contributed by atoms with E-state index in [4.69, 9.17) is 9.47 Å². The highest BCUT2D eigenvalue weighted by Gasteiger charge is 2.47. The summed E-state index contributed by atoms with van der Waals surface area (Å²) in [5, 5.41) is 0. The lowest BCUT2D eigenvalue weighted by molar-refractivity contribution is -0.163. The van der Waals surface area contributed by atoms with Crippen molar-refractivity contribution in [2.75, 3.05) is 32.9 Å². The number of nitrogens with zero attached hydrogens (tertiary/aromatic N) is 2. The first kappa shape index (κ1) is 16.4. The highest BCUT2D eigenvalue weighted by Crippen LogP contribution is 2.40. The molecule has 2 unspecified atom stereocenters. The van der Waals surface area contributed by atoms with E-state index in [0.29, 0.717) is 19.6 Å². The summed E-state index contributed by atoms with van der Waals surface area (Å²) in [5.41, 5.74) is 0.796. The Labute approximate surface area is 138 Å². The third kappa shape index (κ3) is 3.72. The van der Waals surface area contributed by atoms with Crippen molar-refractivity contribution in [1.82, 2.24) is 9.88 Å². The van der Waals surface area contributed by atoms with Crippen LogP contribution in [0, 0.1) is 5.41 Å². The molecule has 0 aromatic carbocycles. The van der Waals surface area contributed by atoms with Gasteiger partial charge >= 0.3 is 0 Å². The summed E-state index contributed by atoms with van der Waals surface area (Å²) in [6.07, 6.45) is 5.36. The molecule has 0 radical (unpaired) electrons. The van der Waals surface area contributed by atoms with Crippen molar-refractivity contribution in [1.29, 1.82) is 0 Å². The van der Waals surface area contributed by atoms with Gasteiger partial charge in [-0.1, -0.05) is 6.07 Å². The second kappa shape index (κ2) is 7.41. The number of piperidine rings is 1. The minimum Gasteiger partial charge on any atom is -0.381 e. The van der Waals surface area contributed by atoms with Gasteiger partial charge in [-0.25, -0.2) is 0 Å². The van der Waals surface area contributed by atoms with Crippen LogP contribution in [0.15, 0.2) is 24.4 Å². The molecular formula is C18H26N2O3. The molecule has 2 atom stereocenters. The maximum absolute atomic E-state index is 12.7. The summed E-state index contributed by atoms with van der Waals surface area (Å²) < 4.78 is 11.7. The number of amides is 1. The van der Waals surface area contributed by atoms with Crippen molar-refractivity contribution < 1.29 is 14.3 Å². The summed E-state index contributed by atoms with van der Waals surface area (Å²) in [5.74, 6) is 0.156. The molecule has 0 aliphatic carbocycles. The van der Waals surface area contributed by atoms with Gasteiger partial charge in [-0.05, 0) is 38.3 Å². The molecule has 0 saturated carbocycles. The molecule has 0 N–H and O–H groups in total. The highest BCUT2D eigenvalue weighted by molar-refractivity contribution is 5.78. The van der Waals surface area contributed by atoms with Gasteiger partial charge in [-0.2, -0.15) is 0 Å². The van der Waals surface area contributed by atoms with Crippen LogP contribution in [0.2, 0.25) is 0 Å². The van der Waals surface area contributed by atoms with E-state index in [-0.39, 0.29) is 17.4 Å². The number of hydrogen-bond donors (Lipinski definition) is 0. The third-order valence-corrected chi connectivity index (χ3v) is 4.99. The average molecular weight is 318 g/mol. The molecule has 2 fully saturated rings. The van der Waals surface area contributed by atoms with Crippen LogP contribution in [0.25, 0.3) is 0 Å². The number of rotatable bonds is 5. The first-order chi connectivity index (χ1) is 11.2. The molecule has 2 saturated heterocycles. The summed E-state index contributed by atoms with van der Waals surface area (Å²) in [7, 11) is 0. The van der Waals surface area contributed by atoms with Gasteiger partial charge in [0.05, 0.1) is 19.1 Å². The zero-order chi connectivity index (χ0) is 16.1. The lowest BCUT2D eigenvalue weighted by Crippen LogP contribution is -2.58. The monoisotopic (exact) mass is 318 g/mol. The lowest BCUT2D eigenvalue weighted by Gasteiger charge is -2.50. The van der Waals surface area contributed by atoms with Gasteiger partial charge in [0.15, 0.2) is 0 Å². The van der Waals surface area contributed by atoms with Gasteiger partial charge in [-0.3, -0.25) is 9.78 Å². The van der Waals surface area contributed by atoms with Crippen molar-refractivity contribution in [3.05, 3.63) is 30.1 Å². The van der Waals surface area contributed by atoms with Crippen LogP contribution in [-0.4, -0.2) is 54.8 Å². The zero-order valence-corrected chi connectivity index (χ0v) is 13.9. The predicted molar refractivity (Wildman–Crippen MR) is 87.0 cm³/mol. The molecule has 0 spiro atoms. The quantitative estimate of drug-likeness (QED) is 0.834.